The molecule has 0 radical (unpaired) electrons. The molecular formula is C39H61N5O7S. The van der Waals surface area contributed by atoms with Gasteiger partial charge in [-0.25, -0.2) is 13.2 Å². The van der Waals surface area contributed by atoms with E-state index in [0.717, 1.165) is 51.4 Å². The fraction of sp³-hybridized carbons (Fsp3) is 0.821. The van der Waals surface area contributed by atoms with E-state index in [1.807, 2.05) is 6.92 Å². The first-order chi connectivity index (χ1) is 24.3. The Balaban J connectivity index is 1.40. The molecule has 0 spiro atoms. The van der Waals surface area contributed by atoms with Gasteiger partial charge in [0, 0.05) is 6.54 Å². The molecule has 0 aromatic carbocycles. The van der Waals surface area contributed by atoms with Crippen LogP contribution in [-0.4, -0.2) is 90.1 Å². The van der Waals surface area contributed by atoms with E-state index in [2.05, 4.69) is 41.0 Å². The van der Waals surface area contributed by atoms with Crippen molar-refractivity contribution in [3.05, 3.63) is 0 Å². The maximum Gasteiger partial charge on any atom is 0.315 e. The Morgan fingerprint density at radius 3 is 2.06 bits per heavy atom. The smallest absolute Gasteiger partial charge is 0.315 e. The lowest BCUT2D eigenvalue weighted by atomic mass is 9.70. The van der Waals surface area contributed by atoms with Crippen LogP contribution in [0.25, 0.3) is 0 Å². The minimum atomic E-state index is -3.57. The topological polar surface area (TPSA) is 171 Å². The molecule has 5 aliphatic rings. The van der Waals surface area contributed by atoms with Gasteiger partial charge in [-0.1, -0.05) is 78.1 Å². The van der Waals surface area contributed by atoms with Crippen LogP contribution >= 0.6 is 0 Å². The number of nitrogens with one attached hydrogen (secondary N) is 4. The molecule has 4 N–H and O–H groups in total. The van der Waals surface area contributed by atoms with Crippen molar-refractivity contribution in [1.82, 2.24) is 26.2 Å². The van der Waals surface area contributed by atoms with E-state index in [1.165, 1.54) is 0 Å². The third-order valence-electron chi connectivity index (χ3n) is 13.0. The van der Waals surface area contributed by atoms with Crippen molar-refractivity contribution in [1.29, 1.82) is 0 Å². The number of urea groups is 1. The van der Waals surface area contributed by atoms with Gasteiger partial charge in [0.1, 0.15) is 12.1 Å². The second-order valence-corrected chi connectivity index (χ2v) is 21.1. The number of terminal acetylenes is 1. The Morgan fingerprint density at radius 2 is 1.50 bits per heavy atom. The molecule has 5 amide bonds. The Kier molecular flexibility index (Phi) is 11.5. The lowest BCUT2D eigenvalue weighted by Crippen LogP contribution is -2.65. The van der Waals surface area contributed by atoms with Crippen molar-refractivity contribution < 1.29 is 32.4 Å². The summed E-state index contributed by atoms with van der Waals surface area (Å²) in [6.45, 7) is 11.4. The number of Topliss-reactive ketones (excluding diaryl/α,β-unsaturated/α-hetero) is 1. The van der Waals surface area contributed by atoms with Crippen molar-refractivity contribution in [2.75, 3.05) is 18.8 Å². The highest BCUT2D eigenvalue weighted by Crippen LogP contribution is 2.65. The molecule has 290 valence electrons. The van der Waals surface area contributed by atoms with E-state index in [9.17, 15) is 32.4 Å². The number of ketones is 1. The van der Waals surface area contributed by atoms with Crippen LogP contribution in [0.2, 0.25) is 0 Å². The fourth-order valence-corrected chi connectivity index (χ4v) is 10.8. The van der Waals surface area contributed by atoms with E-state index in [-0.39, 0.29) is 41.4 Å². The average Bonchev–Trinajstić information content (AvgIpc) is 3.92. The molecule has 1 saturated heterocycles. The van der Waals surface area contributed by atoms with E-state index < -0.39 is 67.3 Å². The lowest BCUT2D eigenvalue weighted by molar-refractivity contribution is -0.146. The van der Waals surface area contributed by atoms with E-state index >= 15 is 0 Å². The van der Waals surface area contributed by atoms with Crippen LogP contribution in [-0.2, 0) is 29.0 Å². The summed E-state index contributed by atoms with van der Waals surface area (Å²) in [5.41, 5.74) is -1.75. The minimum absolute atomic E-state index is 0.0606. The van der Waals surface area contributed by atoms with Gasteiger partial charge < -0.3 is 26.2 Å². The second kappa shape index (κ2) is 14.9. The van der Waals surface area contributed by atoms with E-state index in [1.54, 1.807) is 25.7 Å². The zero-order chi connectivity index (χ0) is 38.3. The summed E-state index contributed by atoms with van der Waals surface area (Å²) >= 11 is 0. The second-order valence-electron chi connectivity index (χ2n) is 18.3. The number of hydrogen-bond donors (Lipinski definition) is 4. The number of piperidine rings is 1. The van der Waals surface area contributed by atoms with Crippen LogP contribution in [0, 0.1) is 40.9 Å². The lowest BCUT2D eigenvalue weighted by Gasteiger charge is -2.44. The molecule has 13 heteroatoms. The summed E-state index contributed by atoms with van der Waals surface area (Å²) in [6.07, 6.45) is 15.3. The first-order valence-corrected chi connectivity index (χ1v) is 21.1. The van der Waals surface area contributed by atoms with Crippen LogP contribution in [0.5, 0.6) is 0 Å². The van der Waals surface area contributed by atoms with E-state index in [4.69, 9.17) is 6.42 Å². The highest BCUT2D eigenvalue weighted by atomic mass is 32.2. The van der Waals surface area contributed by atoms with Gasteiger partial charge in [-0.3, -0.25) is 19.2 Å². The van der Waals surface area contributed by atoms with Crippen LogP contribution in [0.4, 0.5) is 4.79 Å². The number of rotatable bonds is 13. The Hall–Kier alpha value is -3.14. The third-order valence-corrected chi connectivity index (χ3v) is 15.8. The van der Waals surface area contributed by atoms with Crippen molar-refractivity contribution in [2.45, 2.75) is 153 Å². The third kappa shape index (κ3) is 8.47. The number of sulfone groups is 1. The van der Waals surface area contributed by atoms with Gasteiger partial charge in [0.05, 0.1) is 28.6 Å². The molecule has 0 aromatic heterocycles. The fourth-order valence-electron chi connectivity index (χ4n) is 9.24. The highest BCUT2D eigenvalue weighted by molar-refractivity contribution is 7.92. The maximum absolute atomic E-state index is 14.9. The molecular weight excluding hydrogens is 683 g/mol. The number of carbonyl (C=O) groups is 5. The predicted molar refractivity (Wildman–Crippen MR) is 198 cm³/mol. The molecule has 12 nitrogen and oxygen atoms in total. The van der Waals surface area contributed by atoms with Crippen LogP contribution < -0.4 is 21.3 Å². The highest BCUT2D eigenvalue weighted by Gasteiger charge is 2.70. The number of carbonyl (C=O) groups excluding carboxylic acids is 5. The summed E-state index contributed by atoms with van der Waals surface area (Å²) in [5.74, 6) is -0.175. The zero-order valence-corrected chi connectivity index (χ0v) is 32.9. The first-order valence-electron chi connectivity index (χ1n) is 19.4. The van der Waals surface area contributed by atoms with Gasteiger partial charge in [-0.05, 0) is 81.5 Å². The van der Waals surface area contributed by atoms with Gasteiger partial charge in [0.2, 0.25) is 17.6 Å². The van der Waals surface area contributed by atoms with Gasteiger partial charge in [0.25, 0.3) is 5.91 Å². The SMILES string of the molecule is C#CCNC(=O)C(=O)C(CC1CC1)NC(=O)[C@@H]1[C@@H]2C(CN1C(=O)[C@@H](NC(=O)NC1(CS(=O)(=O)C(C)(C)C)CCCCC1)C1(C)CCCCC1)C2(C)C. The largest absolute Gasteiger partial charge is 0.344 e. The summed E-state index contributed by atoms with van der Waals surface area (Å²) in [4.78, 5) is 70.7. The zero-order valence-electron chi connectivity index (χ0n) is 32.1. The summed E-state index contributed by atoms with van der Waals surface area (Å²) in [5, 5.41) is 11.4. The molecule has 1 heterocycles. The molecule has 52 heavy (non-hydrogen) atoms. The van der Waals surface area contributed by atoms with Gasteiger partial charge in [-0.15, -0.1) is 6.42 Å². The number of nitrogens with zero attached hydrogens (tertiary/aromatic N) is 1. The molecule has 0 bridgehead atoms. The summed E-state index contributed by atoms with van der Waals surface area (Å²) in [7, 11) is -3.57. The first kappa shape index (κ1) is 40.1. The van der Waals surface area contributed by atoms with Crippen LogP contribution in [0.15, 0.2) is 0 Å². The molecule has 5 fully saturated rings. The number of likely N-dealkylation sites (tertiary alicyclic amines) is 1. The standard InChI is InChI=1S/C39H61N5O7S/c1-8-21-40-33(47)30(45)27(22-25-15-16-25)41-32(46)29-28-26(37(28,5)6)23-44(29)34(48)31(38(7)17-11-9-12-18-38)42-35(49)43-39(19-13-10-14-20-39)24-52(50,51)36(2,3)4/h1,25-29,31H,9-24H2,2-7H3,(H,40,47)(H,41,46)(H2,42,43,49)/t26?,27?,28-,29-,31+/m0/s1. The number of amides is 5. The Bertz CT molecular complexity index is 1560. The predicted octanol–water partition coefficient (Wildman–Crippen LogP) is 3.63. The maximum atomic E-state index is 14.9. The van der Waals surface area contributed by atoms with Crippen molar-refractivity contribution >= 4 is 39.4 Å². The van der Waals surface area contributed by atoms with Crippen molar-refractivity contribution in [2.24, 2.45) is 28.6 Å². The van der Waals surface area contributed by atoms with Crippen molar-refractivity contribution in [3.8, 4) is 12.3 Å². The molecule has 5 atom stereocenters. The van der Waals surface area contributed by atoms with Crippen LogP contribution in [0.1, 0.15) is 125 Å². The monoisotopic (exact) mass is 743 g/mol. The normalized spacial score (nSPS) is 27.2. The quantitative estimate of drug-likeness (QED) is 0.165. The Morgan fingerprint density at radius 1 is 0.904 bits per heavy atom. The number of fused-ring (bicyclic) bond motifs is 1. The van der Waals surface area contributed by atoms with Gasteiger partial charge in [0.15, 0.2) is 9.84 Å². The number of hydrogen-bond acceptors (Lipinski definition) is 7. The summed E-state index contributed by atoms with van der Waals surface area (Å²) < 4.78 is 25.9. The molecule has 4 saturated carbocycles. The molecule has 5 rings (SSSR count). The van der Waals surface area contributed by atoms with Crippen LogP contribution in [0.3, 0.4) is 0 Å². The summed E-state index contributed by atoms with van der Waals surface area (Å²) in [6, 6.07) is -3.45. The van der Waals surface area contributed by atoms with Crippen molar-refractivity contribution in [3.63, 3.8) is 0 Å². The molecule has 4 aliphatic carbocycles. The van der Waals surface area contributed by atoms with E-state index in [0.29, 0.717) is 38.6 Å². The average molecular weight is 744 g/mol. The Labute approximate surface area is 310 Å². The van der Waals surface area contributed by atoms with Gasteiger partial charge >= 0.3 is 6.03 Å². The molecule has 0 aromatic rings. The molecule has 2 unspecified atom stereocenters. The molecule has 1 aliphatic heterocycles. The van der Waals surface area contributed by atoms with Gasteiger partial charge in [-0.2, -0.15) is 0 Å². The minimum Gasteiger partial charge on any atom is -0.344 e.